The highest BCUT2D eigenvalue weighted by molar-refractivity contribution is 6.02. The number of aromatic nitrogens is 2. The lowest BCUT2D eigenvalue weighted by molar-refractivity contribution is 0.0759. The van der Waals surface area contributed by atoms with Crippen LogP contribution in [0.15, 0.2) is 76.2 Å². The van der Waals surface area contributed by atoms with Crippen LogP contribution in [0.1, 0.15) is 10.6 Å². The summed E-state index contributed by atoms with van der Waals surface area (Å²) in [5.74, 6) is 0.829. The molecule has 8 nitrogen and oxygen atoms in total. The highest BCUT2D eigenvalue weighted by Crippen LogP contribution is 2.31. The van der Waals surface area contributed by atoms with Crippen molar-refractivity contribution in [2.75, 3.05) is 11.9 Å². The number of rotatable bonds is 4. The Balaban J connectivity index is 1.27. The SMILES string of the molecule is O=C(Nc1cnn(C[C@H]2COc3ccccc3O2)c1)c1cc(=O)c2ccccc2o1. The maximum atomic E-state index is 12.5. The van der Waals surface area contributed by atoms with Gasteiger partial charge in [-0.05, 0) is 24.3 Å². The Morgan fingerprint density at radius 1 is 1.13 bits per heavy atom. The fourth-order valence-corrected chi connectivity index (χ4v) is 3.30. The van der Waals surface area contributed by atoms with E-state index in [0.717, 1.165) is 5.75 Å². The van der Waals surface area contributed by atoms with E-state index in [-0.39, 0.29) is 17.3 Å². The molecule has 1 amide bonds. The lowest BCUT2D eigenvalue weighted by Gasteiger charge is -2.26. The third-order valence-electron chi connectivity index (χ3n) is 4.71. The van der Waals surface area contributed by atoms with Crippen molar-refractivity contribution in [2.24, 2.45) is 0 Å². The number of nitrogens with one attached hydrogen (secondary N) is 1. The van der Waals surface area contributed by atoms with Gasteiger partial charge in [0.1, 0.15) is 12.2 Å². The van der Waals surface area contributed by atoms with Gasteiger partial charge in [0.2, 0.25) is 0 Å². The molecule has 3 heterocycles. The predicted molar refractivity (Wildman–Crippen MR) is 109 cm³/mol. The van der Waals surface area contributed by atoms with E-state index in [9.17, 15) is 9.59 Å². The zero-order valence-corrected chi connectivity index (χ0v) is 15.8. The molecule has 0 saturated heterocycles. The minimum Gasteiger partial charge on any atom is -0.486 e. The molecule has 150 valence electrons. The summed E-state index contributed by atoms with van der Waals surface area (Å²) in [5.41, 5.74) is 0.570. The van der Waals surface area contributed by atoms with E-state index in [1.165, 1.54) is 12.3 Å². The first-order valence-corrected chi connectivity index (χ1v) is 9.41. The predicted octanol–water partition coefficient (Wildman–Crippen LogP) is 3.08. The maximum absolute atomic E-state index is 12.5. The zero-order chi connectivity index (χ0) is 20.5. The largest absolute Gasteiger partial charge is 0.486 e. The number of para-hydroxylation sites is 3. The van der Waals surface area contributed by atoms with E-state index in [4.69, 9.17) is 13.9 Å². The van der Waals surface area contributed by atoms with Crippen LogP contribution in [-0.4, -0.2) is 28.4 Å². The number of carbonyl (C=O) groups excluding carboxylic acids is 1. The number of ether oxygens (including phenoxy) is 2. The number of benzene rings is 2. The van der Waals surface area contributed by atoms with Crippen molar-refractivity contribution in [3.05, 3.63) is 83.0 Å². The Labute approximate surface area is 170 Å². The minimum atomic E-state index is -0.524. The maximum Gasteiger partial charge on any atom is 0.291 e. The fourth-order valence-electron chi connectivity index (χ4n) is 3.30. The molecule has 2 aromatic carbocycles. The molecule has 0 bridgehead atoms. The van der Waals surface area contributed by atoms with Gasteiger partial charge in [0.15, 0.2) is 28.8 Å². The Bertz CT molecular complexity index is 1290. The second-order valence-electron chi connectivity index (χ2n) is 6.87. The Morgan fingerprint density at radius 2 is 1.93 bits per heavy atom. The Hall–Kier alpha value is -4.07. The van der Waals surface area contributed by atoms with E-state index in [2.05, 4.69) is 10.4 Å². The van der Waals surface area contributed by atoms with Gasteiger partial charge in [-0.2, -0.15) is 5.10 Å². The molecule has 0 saturated carbocycles. The monoisotopic (exact) mass is 403 g/mol. The van der Waals surface area contributed by atoms with Crippen LogP contribution >= 0.6 is 0 Å². The third-order valence-corrected chi connectivity index (χ3v) is 4.71. The summed E-state index contributed by atoms with van der Waals surface area (Å²) in [6, 6.07) is 15.5. The van der Waals surface area contributed by atoms with Crippen molar-refractivity contribution >= 4 is 22.6 Å². The average Bonchev–Trinajstić information content (AvgIpc) is 3.20. The van der Waals surface area contributed by atoms with Gasteiger partial charge >= 0.3 is 0 Å². The van der Waals surface area contributed by atoms with Gasteiger partial charge in [-0.3, -0.25) is 14.3 Å². The second kappa shape index (κ2) is 7.40. The van der Waals surface area contributed by atoms with Crippen LogP contribution in [0.2, 0.25) is 0 Å². The van der Waals surface area contributed by atoms with Crippen molar-refractivity contribution in [1.82, 2.24) is 9.78 Å². The normalized spacial score (nSPS) is 15.1. The number of anilines is 1. The van der Waals surface area contributed by atoms with Gasteiger partial charge < -0.3 is 19.2 Å². The van der Waals surface area contributed by atoms with Gasteiger partial charge in [-0.25, -0.2) is 0 Å². The van der Waals surface area contributed by atoms with E-state index in [1.807, 2.05) is 24.3 Å². The molecule has 0 fully saturated rings. The molecule has 30 heavy (non-hydrogen) atoms. The van der Waals surface area contributed by atoms with E-state index in [0.29, 0.717) is 35.6 Å². The number of hydrogen-bond acceptors (Lipinski definition) is 6. The van der Waals surface area contributed by atoms with Crippen LogP contribution in [0.3, 0.4) is 0 Å². The lowest BCUT2D eigenvalue weighted by atomic mass is 10.2. The molecule has 0 unspecified atom stereocenters. The number of hydrogen-bond donors (Lipinski definition) is 1. The molecule has 1 aliphatic rings. The first kappa shape index (κ1) is 18.0. The fraction of sp³-hybridized carbons (Fsp3) is 0.136. The second-order valence-corrected chi connectivity index (χ2v) is 6.87. The van der Waals surface area contributed by atoms with Crippen LogP contribution in [0.25, 0.3) is 11.0 Å². The summed E-state index contributed by atoms with van der Waals surface area (Å²) < 4.78 is 18.9. The minimum absolute atomic E-state index is 0.0629. The van der Waals surface area contributed by atoms with Crippen LogP contribution in [0.4, 0.5) is 5.69 Å². The Kier molecular flexibility index (Phi) is 4.44. The van der Waals surface area contributed by atoms with Crippen LogP contribution in [-0.2, 0) is 6.54 Å². The summed E-state index contributed by atoms with van der Waals surface area (Å²) in [4.78, 5) is 24.7. The zero-order valence-electron chi connectivity index (χ0n) is 15.8. The third kappa shape index (κ3) is 3.50. The van der Waals surface area contributed by atoms with Gasteiger partial charge in [0, 0.05) is 12.3 Å². The number of fused-ring (bicyclic) bond motifs is 2. The van der Waals surface area contributed by atoms with Gasteiger partial charge in [0.25, 0.3) is 5.91 Å². The summed E-state index contributed by atoms with van der Waals surface area (Å²) in [5, 5.41) is 7.38. The molecule has 4 aromatic rings. The topological polar surface area (TPSA) is 95.6 Å². The lowest BCUT2D eigenvalue weighted by Crippen LogP contribution is -2.33. The van der Waals surface area contributed by atoms with Crippen LogP contribution in [0, 0.1) is 0 Å². The van der Waals surface area contributed by atoms with Crippen LogP contribution < -0.4 is 20.2 Å². The standard InChI is InChI=1S/C22H17N3O5/c26-17-9-21(30-18-6-2-1-5-16(17)18)22(27)24-14-10-23-25(11-14)12-15-13-28-19-7-3-4-8-20(19)29-15/h1-11,15H,12-13H2,(H,24,27)/t15-/m0/s1. The highest BCUT2D eigenvalue weighted by atomic mass is 16.6. The van der Waals surface area contributed by atoms with Crippen molar-refractivity contribution in [2.45, 2.75) is 12.6 Å². The van der Waals surface area contributed by atoms with Gasteiger partial charge in [0.05, 0.1) is 23.8 Å². The van der Waals surface area contributed by atoms with Gasteiger partial charge in [-0.1, -0.05) is 24.3 Å². The molecular weight excluding hydrogens is 386 g/mol. The molecule has 1 N–H and O–H groups in total. The molecule has 1 aliphatic heterocycles. The first-order valence-electron chi connectivity index (χ1n) is 9.41. The van der Waals surface area contributed by atoms with Crippen molar-refractivity contribution in [3.8, 4) is 11.5 Å². The van der Waals surface area contributed by atoms with E-state index in [1.54, 1.807) is 35.1 Å². The van der Waals surface area contributed by atoms with E-state index >= 15 is 0 Å². The molecule has 5 rings (SSSR count). The highest BCUT2D eigenvalue weighted by Gasteiger charge is 2.21. The van der Waals surface area contributed by atoms with Crippen molar-refractivity contribution in [3.63, 3.8) is 0 Å². The first-order chi connectivity index (χ1) is 14.7. The Morgan fingerprint density at radius 3 is 2.83 bits per heavy atom. The summed E-state index contributed by atoms with van der Waals surface area (Å²) in [6.45, 7) is 0.857. The van der Waals surface area contributed by atoms with Gasteiger partial charge in [-0.15, -0.1) is 0 Å². The van der Waals surface area contributed by atoms with E-state index < -0.39 is 5.91 Å². The summed E-state index contributed by atoms with van der Waals surface area (Å²) >= 11 is 0. The smallest absolute Gasteiger partial charge is 0.291 e. The molecule has 0 radical (unpaired) electrons. The summed E-state index contributed by atoms with van der Waals surface area (Å²) in [6.07, 6.45) is 3.00. The molecule has 1 atom stereocenters. The molecule has 8 heteroatoms. The number of amides is 1. The average molecular weight is 403 g/mol. The van der Waals surface area contributed by atoms with Crippen molar-refractivity contribution < 1.29 is 18.7 Å². The molecular formula is C22H17N3O5. The van der Waals surface area contributed by atoms with Crippen LogP contribution in [0.5, 0.6) is 11.5 Å². The number of carbonyl (C=O) groups is 1. The number of nitrogens with zero attached hydrogens (tertiary/aromatic N) is 2. The van der Waals surface area contributed by atoms with Crippen molar-refractivity contribution in [1.29, 1.82) is 0 Å². The summed E-state index contributed by atoms with van der Waals surface area (Å²) in [7, 11) is 0. The quantitative estimate of drug-likeness (QED) is 0.563. The molecule has 0 spiro atoms. The molecule has 0 aliphatic carbocycles. The molecule has 2 aromatic heterocycles.